The Balaban J connectivity index is 0.00000225. The first-order chi connectivity index (χ1) is 13.5. The minimum Gasteiger partial charge on any atom is -0.355 e. The maximum atomic E-state index is 11.2. The molecule has 0 radical (unpaired) electrons. The van der Waals surface area contributed by atoms with Gasteiger partial charge in [0.15, 0.2) is 0 Å². The number of aromatic nitrogens is 2. The van der Waals surface area contributed by atoms with E-state index in [4.69, 9.17) is 4.98 Å². The molecular weight excluding hydrogens is 427 g/mol. The molecule has 3 rings (SSSR count). The molecule has 0 amide bonds. The van der Waals surface area contributed by atoms with Gasteiger partial charge < -0.3 is 15.5 Å². The van der Waals surface area contributed by atoms with Crippen LogP contribution in [0.1, 0.15) is 37.4 Å². The van der Waals surface area contributed by atoms with E-state index in [0.29, 0.717) is 23.2 Å². The van der Waals surface area contributed by atoms with Crippen molar-refractivity contribution in [3.8, 4) is 0 Å². The predicted molar refractivity (Wildman–Crippen MR) is 126 cm³/mol. The highest BCUT2D eigenvalue weighted by Gasteiger charge is 2.23. The Labute approximate surface area is 189 Å². The van der Waals surface area contributed by atoms with E-state index in [1.807, 2.05) is 13.1 Å². The van der Waals surface area contributed by atoms with Crippen molar-refractivity contribution in [1.29, 1.82) is 0 Å². The third-order valence-corrected chi connectivity index (χ3v) is 5.13. The lowest BCUT2D eigenvalue weighted by atomic mass is 10.2. The number of rotatable bonds is 8. The fourth-order valence-corrected chi connectivity index (χ4v) is 3.40. The van der Waals surface area contributed by atoms with Crippen molar-refractivity contribution in [2.75, 3.05) is 30.4 Å². The minimum absolute atomic E-state index is 0. The summed E-state index contributed by atoms with van der Waals surface area (Å²) in [4.78, 5) is 22.4. The summed E-state index contributed by atoms with van der Waals surface area (Å²) in [6.07, 6.45) is 4.12. The van der Waals surface area contributed by atoms with Crippen LogP contribution in [0, 0.1) is 17.0 Å². The summed E-state index contributed by atoms with van der Waals surface area (Å²) in [5.74, 6) is 1.39. The second-order valence-corrected chi connectivity index (χ2v) is 7.25. The van der Waals surface area contributed by atoms with E-state index < -0.39 is 0 Å². The molecule has 30 heavy (non-hydrogen) atoms. The zero-order valence-electron chi connectivity index (χ0n) is 17.6. The van der Waals surface area contributed by atoms with Gasteiger partial charge in [-0.1, -0.05) is 19.4 Å². The van der Waals surface area contributed by atoms with Crippen LogP contribution in [0.25, 0.3) is 0 Å². The summed E-state index contributed by atoms with van der Waals surface area (Å²) in [6, 6.07) is 7.61. The van der Waals surface area contributed by atoms with Gasteiger partial charge >= 0.3 is 0 Å². The number of likely N-dealkylation sites (N-methyl/N-ethyl adjacent to an activating group) is 1. The molecule has 0 bridgehead atoms. The average Bonchev–Trinajstić information content (AvgIpc) is 3.17. The van der Waals surface area contributed by atoms with Gasteiger partial charge in [-0.3, -0.25) is 10.1 Å². The first-order valence-electron chi connectivity index (χ1n) is 9.82. The van der Waals surface area contributed by atoms with E-state index in [-0.39, 0.29) is 35.4 Å². The molecule has 1 aliphatic heterocycles. The SMILES string of the molecule is CCCCc1cc(N2CC[C@H](NC)C2)nc(Nc2ccc(C)c([N+](=O)[O-])c2)n1.Cl.Cl. The Bertz CT molecular complexity index is 852. The molecule has 1 aromatic carbocycles. The number of benzene rings is 1. The summed E-state index contributed by atoms with van der Waals surface area (Å²) in [5, 5.41) is 17.7. The van der Waals surface area contributed by atoms with E-state index >= 15 is 0 Å². The maximum absolute atomic E-state index is 11.2. The number of aryl methyl sites for hydroxylation is 2. The topological polar surface area (TPSA) is 96.2 Å². The van der Waals surface area contributed by atoms with E-state index in [1.165, 1.54) is 6.07 Å². The minimum atomic E-state index is -0.368. The third-order valence-electron chi connectivity index (χ3n) is 5.13. The Morgan fingerprint density at radius 1 is 1.27 bits per heavy atom. The lowest BCUT2D eigenvalue weighted by molar-refractivity contribution is -0.385. The van der Waals surface area contributed by atoms with Crippen molar-refractivity contribution in [1.82, 2.24) is 15.3 Å². The maximum Gasteiger partial charge on any atom is 0.274 e. The number of nitrogens with one attached hydrogen (secondary N) is 2. The molecule has 2 aromatic rings. The molecule has 1 aliphatic rings. The monoisotopic (exact) mass is 456 g/mol. The standard InChI is InChI=1S/C20H28N6O2.2ClH/c1-4-5-6-15-12-19(25-10-9-17(13-25)21-3)24-20(22-15)23-16-8-7-14(2)18(11-16)26(27)28;;/h7-8,11-12,17,21H,4-6,9-10,13H2,1-3H3,(H,22,23,24);2*1H/t17-;;/m0../s1. The van der Waals surface area contributed by atoms with Crippen molar-refractivity contribution >= 4 is 48.0 Å². The van der Waals surface area contributed by atoms with Gasteiger partial charge in [-0.05, 0) is 39.3 Å². The molecule has 0 saturated carbocycles. The zero-order valence-corrected chi connectivity index (χ0v) is 19.2. The van der Waals surface area contributed by atoms with Gasteiger partial charge in [-0.2, -0.15) is 4.98 Å². The van der Waals surface area contributed by atoms with Gasteiger partial charge in [0.1, 0.15) is 5.82 Å². The third kappa shape index (κ3) is 6.42. The summed E-state index contributed by atoms with van der Waals surface area (Å²) in [7, 11) is 1.98. The number of halogens is 2. The summed E-state index contributed by atoms with van der Waals surface area (Å²) < 4.78 is 0. The number of hydrogen-bond acceptors (Lipinski definition) is 7. The van der Waals surface area contributed by atoms with Gasteiger partial charge in [-0.15, -0.1) is 24.8 Å². The first kappa shape index (κ1) is 25.9. The van der Waals surface area contributed by atoms with Gasteiger partial charge in [0.25, 0.3) is 5.69 Å². The van der Waals surface area contributed by atoms with Crippen LogP contribution in [0.4, 0.5) is 23.1 Å². The Hall–Kier alpha value is -2.16. The molecule has 10 heteroatoms. The molecule has 1 fully saturated rings. The summed E-state index contributed by atoms with van der Waals surface area (Å²) in [5.41, 5.74) is 2.32. The lowest BCUT2D eigenvalue weighted by Gasteiger charge is -2.19. The van der Waals surface area contributed by atoms with Crippen molar-refractivity contribution in [2.45, 2.75) is 45.6 Å². The van der Waals surface area contributed by atoms with Crippen LogP contribution in [-0.4, -0.2) is 41.1 Å². The van der Waals surface area contributed by atoms with Crippen LogP contribution in [0.2, 0.25) is 0 Å². The van der Waals surface area contributed by atoms with Crippen molar-refractivity contribution < 1.29 is 4.92 Å². The van der Waals surface area contributed by atoms with Crippen molar-refractivity contribution in [2.24, 2.45) is 0 Å². The molecular formula is C20H30Cl2N6O2. The van der Waals surface area contributed by atoms with E-state index in [1.54, 1.807) is 13.0 Å². The number of anilines is 3. The average molecular weight is 457 g/mol. The van der Waals surface area contributed by atoms with Crippen LogP contribution in [0.3, 0.4) is 0 Å². The molecule has 8 nitrogen and oxygen atoms in total. The molecule has 0 aliphatic carbocycles. The fourth-order valence-electron chi connectivity index (χ4n) is 3.40. The molecule has 1 atom stereocenters. The molecule has 0 spiro atoms. The highest BCUT2D eigenvalue weighted by molar-refractivity contribution is 5.85. The second kappa shape index (κ2) is 11.9. The quantitative estimate of drug-likeness (QED) is 0.447. The first-order valence-corrected chi connectivity index (χ1v) is 9.82. The highest BCUT2D eigenvalue weighted by Crippen LogP contribution is 2.26. The van der Waals surface area contributed by atoms with Crippen LogP contribution >= 0.6 is 24.8 Å². The van der Waals surface area contributed by atoms with Gasteiger partial charge in [0, 0.05) is 48.2 Å². The highest BCUT2D eigenvalue weighted by atomic mass is 35.5. The summed E-state index contributed by atoms with van der Waals surface area (Å²) >= 11 is 0. The Morgan fingerprint density at radius 2 is 2.03 bits per heavy atom. The van der Waals surface area contributed by atoms with Crippen LogP contribution in [0.5, 0.6) is 0 Å². The van der Waals surface area contributed by atoms with E-state index in [2.05, 4.69) is 33.5 Å². The van der Waals surface area contributed by atoms with Gasteiger partial charge in [0.2, 0.25) is 5.95 Å². The Kier molecular flexibility index (Phi) is 10.2. The van der Waals surface area contributed by atoms with Crippen molar-refractivity contribution in [3.63, 3.8) is 0 Å². The van der Waals surface area contributed by atoms with Gasteiger partial charge in [0.05, 0.1) is 4.92 Å². The van der Waals surface area contributed by atoms with E-state index in [9.17, 15) is 10.1 Å². The van der Waals surface area contributed by atoms with Crippen LogP contribution in [-0.2, 0) is 6.42 Å². The molecule has 2 heterocycles. The van der Waals surface area contributed by atoms with Crippen molar-refractivity contribution in [3.05, 3.63) is 45.6 Å². The number of nitro groups is 1. The molecule has 0 unspecified atom stereocenters. The number of nitro benzene ring substituents is 1. The van der Waals surface area contributed by atoms with Crippen LogP contribution < -0.4 is 15.5 Å². The predicted octanol–water partition coefficient (Wildman–Crippen LogP) is 4.42. The normalized spacial score (nSPS) is 15.3. The second-order valence-electron chi connectivity index (χ2n) is 7.25. The Morgan fingerprint density at radius 3 is 2.67 bits per heavy atom. The fraction of sp³-hybridized carbons (Fsp3) is 0.500. The molecule has 2 N–H and O–H groups in total. The van der Waals surface area contributed by atoms with Gasteiger partial charge in [-0.25, -0.2) is 4.98 Å². The summed E-state index contributed by atoms with van der Waals surface area (Å²) in [6.45, 7) is 5.75. The largest absolute Gasteiger partial charge is 0.355 e. The molecule has 1 saturated heterocycles. The number of nitrogens with zero attached hydrogens (tertiary/aromatic N) is 4. The zero-order chi connectivity index (χ0) is 20.1. The van der Waals surface area contributed by atoms with E-state index in [0.717, 1.165) is 50.3 Å². The van der Waals surface area contributed by atoms with Crippen LogP contribution in [0.15, 0.2) is 24.3 Å². The molecule has 1 aromatic heterocycles. The number of hydrogen-bond donors (Lipinski definition) is 2. The lowest BCUT2D eigenvalue weighted by Crippen LogP contribution is -2.30. The molecule has 166 valence electrons. The smallest absolute Gasteiger partial charge is 0.274 e. The number of unbranched alkanes of at least 4 members (excludes halogenated alkanes) is 1.